The highest BCUT2D eigenvalue weighted by atomic mass is 35.5. The van der Waals surface area contributed by atoms with Gasteiger partial charge in [0.05, 0.1) is 27.1 Å². The van der Waals surface area contributed by atoms with Crippen LogP contribution in [0.15, 0.2) is 36.7 Å². The van der Waals surface area contributed by atoms with Gasteiger partial charge >= 0.3 is 7.82 Å². The fourth-order valence-corrected chi connectivity index (χ4v) is 5.62. The summed E-state index contributed by atoms with van der Waals surface area (Å²) in [5.41, 5.74) is 4.39. The highest BCUT2D eigenvalue weighted by molar-refractivity contribution is 7.48. The summed E-state index contributed by atoms with van der Waals surface area (Å²) >= 11 is 6.71. The van der Waals surface area contributed by atoms with Crippen molar-refractivity contribution in [1.82, 2.24) is 24.5 Å². The molecule has 1 aromatic carbocycles. The van der Waals surface area contributed by atoms with Crippen LogP contribution in [0.25, 0.3) is 22.5 Å². The van der Waals surface area contributed by atoms with Gasteiger partial charge in [-0.15, -0.1) is 0 Å². The first kappa shape index (κ1) is 30.3. The molecule has 0 amide bonds. The van der Waals surface area contributed by atoms with Gasteiger partial charge in [0.2, 0.25) is 0 Å². The molecule has 4 heterocycles. The zero-order valence-electron chi connectivity index (χ0n) is 23.6. The average molecular weight is 611 g/mol. The Bertz CT molecular complexity index is 1690. The number of aromatic nitrogens is 5. The molecule has 16 heteroatoms. The lowest BCUT2D eigenvalue weighted by molar-refractivity contribution is 0.160. The van der Waals surface area contributed by atoms with Gasteiger partial charge in [-0.25, -0.2) is 13.9 Å². The van der Waals surface area contributed by atoms with Crippen molar-refractivity contribution in [3.8, 4) is 28.3 Å². The monoisotopic (exact) mass is 610 g/mol. The SMILES string of the molecule is [B]C([B])(C)n1nc(Cl)c2c1-c1cnc(NCOP(=O)(OC)OC)c(c1)O[C@H](C)c1cc(F)ccc1-c1nn(C)cc1C2. The van der Waals surface area contributed by atoms with Gasteiger partial charge in [0.1, 0.15) is 18.7 Å². The fourth-order valence-electron chi connectivity index (χ4n) is 4.81. The van der Waals surface area contributed by atoms with E-state index in [-0.39, 0.29) is 23.5 Å². The summed E-state index contributed by atoms with van der Waals surface area (Å²) in [7, 11) is 13.1. The molecule has 0 saturated carbocycles. The van der Waals surface area contributed by atoms with Crippen LogP contribution in [0, 0.1) is 5.82 Å². The second-order valence-electron chi connectivity index (χ2n) is 9.93. The predicted molar refractivity (Wildman–Crippen MR) is 157 cm³/mol. The lowest BCUT2D eigenvalue weighted by atomic mass is 9.63. The number of hydrogen-bond donors (Lipinski definition) is 1. The number of halogens is 2. The van der Waals surface area contributed by atoms with E-state index in [0.29, 0.717) is 40.1 Å². The molecule has 1 aliphatic rings. The Morgan fingerprint density at radius 1 is 1.26 bits per heavy atom. The molecule has 42 heavy (non-hydrogen) atoms. The average Bonchev–Trinajstić information content (AvgIpc) is 3.47. The molecule has 2 bridgehead atoms. The third-order valence-corrected chi connectivity index (χ3v) is 8.35. The fraction of sp³-hybridized carbons (Fsp3) is 0.346. The Balaban J connectivity index is 1.72. The first-order chi connectivity index (χ1) is 19.8. The number of phosphoric ester groups is 1. The van der Waals surface area contributed by atoms with Crippen LogP contribution < -0.4 is 10.1 Å². The van der Waals surface area contributed by atoms with E-state index in [1.165, 1.54) is 31.0 Å². The van der Waals surface area contributed by atoms with Crippen LogP contribution in [-0.4, -0.2) is 61.2 Å². The molecule has 216 valence electrons. The number of nitrogens with one attached hydrogen (secondary N) is 1. The van der Waals surface area contributed by atoms with Crippen LogP contribution in [0.3, 0.4) is 0 Å². The van der Waals surface area contributed by atoms with Gasteiger partial charge in [0.25, 0.3) is 0 Å². The van der Waals surface area contributed by atoms with E-state index in [2.05, 4.69) is 15.4 Å². The number of rotatable bonds is 7. The Morgan fingerprint density at radius 3 is 2.69 bits per heavy atom. The molecule has 5 rings (SSSR count). The Labute approximate surface area is 250 Å². The first-order valence-corrected chi connectivity index (χ1v) is 14.6. The zero-order valence-corrected chi connectivity index (χ0v) is 25.2. The summed E-state index contributed by atoms with van der Waals surface area (Å²) in [5.74, 6) is 0.0646. The number of benzene rings is 1. The van der Waals surface area contributed by atoms with Crippen molar-refractivity contribution >= 4 is 40.9 Å². The van der Waals surface area contributed by atoms with Crippen molar-refractivity contribution in [2.24, 2.45) is 7.05 Å². The van der Waals surface area contributed by atoms with Crippen LogP contribution in [0.5, 0.6) is 5.75 Å². The van der Waals surface area contributed by atoms with E-state index in [1.54, 1.807) is 43.9 Å². The number of fused-ring (bicyclic) bond motifs is 7. The Morgan fingerprint density at radius 2 is 2.00 bits per heavy atom. The molecule has 1 aliphatic heterocycles. The first-order valence-electron chi connectivity index (χ1n) is 12.8. The van der Waals surface area contributed by atoms with Crippen molar-refractivity contribution in [1.29, 1.82) is 0 Å². The van der Waals surface area contributed by atoms with Crippen LogP contribution in [0.4, 0.5) is 10.2 Å². The highest BCUT2D eigenvalue weighted by Crippen LogP contribution is 2.47. The summed E-state index contributed by atoms with van der Waals surface area (Å²) in [6, 6.07) is 6.16. The molecule has 0 spiro atoms. The predicted octanol–water partition coefficient (Wildman–Crippen LogP) is 4.94. The number of pyridine rings is 1. The molecule has 1 N–H and O–H groups in total. The molecular formula is C26H27B2ClFN6O5P. The topological polar surface area (TPSA) is 115 Å². The number of phosphoric acid groups is 1. The molecule has 0 fully saturated rings. The number of nitrogens with zero attached hydrogens (tertiary/aromatic N) is 5. The van der Waals surface area contributed by atoms with Crippen LogP contribution >= 0.6 is 19.4 Å². The molecular weight excluding hydrogens is 583 g/mol. The summed E-state index contributed by atoms with van der Waals surface area (Å²) in [5, 5.41) is 10.9. The van der Waals surface area contributed by atoms with E-state index < -0.39 is 25.1 Å². The summed E-state index contributed by atoms with van der Waals surface area (Å²) in [4.78, 5) is 4.54. The van der Waals surface area contributed by atoms with Gasteiger partial charge in [-0.1, -0.05) is 18.5 Å². The zero-order chi connectivity index (χ0) is 30.4. The maximum Gasteiger partial charge on any atom is 0.475 e. The van der Waals surface area contributed by atoms with Crippen LogP contribution in [-0.2, 0) is 36.9 Å². The highest BCUT2D eigenvalue weighted by Gasteiger charge is 2.29. The van der Waals surface area contributed by atoms with E-state index in [9.17, 15) is 8.96 Å². The van der Waals surface area contributed by atoms with E-state index >= 15 is 0 Å². The smallest absolute Gasteiger partial charge is 0.475 e. The molecule has 0 unspecified atom stereocenters. The third-order valence-electron chi connectivity index (χ3n) is 6.71. The maximum absolute atomic E-state index is 14.6. The number of anilines is 1. The quantitative estimate of drug-likeness (QED) is 0.177. The Hall–Kier alpha value is -3.15. The van der Waals surface area contributed by atoms with Crippen molar-refractivity contribution in [2.75, 3.05) is 26.3 Å². The summed E-state index contributed by atoms with van der Waals surface area (Å²) in [6.07, 6.45) is 3.08. The van der Waals surface area contributed by atoms with Crippen molar-refractivity contribution < 1.29 is 27.3 Å². The minimum absolute atomic E-state index is 0.194. The van der Waals surface area contributed by atoms with Crippen LogP contribution in [0.2, 0.25) is 5.15 Å². The normalized spacial score (nSPS) is 15.1. The maximum atomic E-state index is 14.6. The molecule has 4 aromatic rings. The summed E-state index contributed by atoms with van der Waals surface area (Å²) < 4.78 is 51.4. The Kier molecular flexibility index (Phi) is 8.30. The van der Waals surface area contributed by atoms with E-state index in [4.69, 9.17) is 50.7 Å². The largest absolute Gasteiger partial charge is 0.482 e. The van der Waals surface area contributed by atoms with Crippen molar-refractivity contribution in [3.63, 3.8) is 0 Å². The minimum atomic E-state index is -3.77. The lowest BCUT2D eigenvalue weighted by Gasteiger charge is -2.25. The van der Waals surface area contributed by atoms with Gasteiger partial charge in [-0.05, 0) is 36.5 Å². The molecule has 3 aromatic heterocycles. The number of aryl methyl sites for hydroxylation is 1. The minimum Gasteiger partial charge on any atom is -0.482 e. The summed E-state index contributed by atoms with van der Waals surface area (Å²) in [6.45, 7) is 3.08. The molecule has 1 atom stereocenters. The van der Waals surface area contributed by atoms with E-state index in [0.717, 1.165) is 5.56 Å². The third kappa shape index (κ3) is 5.87. The van der Waals surface area contributed by atoms with Gasteiger partial charge < -0.3 is 10.1 Å². The molecule has 4 radical (unpaired) electrons. The number of hydrogen-bond acceptors (Lipinski definition) is 9. The standard InChI is InChI=1S/C26H27B2ClFN6O5P/c1-14-19-10-17(30)6-7-18(19)22-16(12-35(3)33-22)8-20-23(36(26(2,27)28)34-24(20)29)15-9-21(41-14)25(31-11-15)32-13-40-42(37,38-4)39-5/h6-7,9-12,14H,8,13H2,1-5H3,(H,31,32)/t14-/m1/s1. The second-order valence-corrected chi connectivity index (χ2v) is 12.2. The second kappa shape index (κ2) is 11.5. The number of ether oxygens (including phenoxy) is 1. The molecule has 11 nitrogen and oxygen atoms in total. The van der Waals surface area contributed by atoms with Gasteiger partial charge in [0, 0.05) is 67.9 Å². The van der Waals surface area contributed by atoms with Crippen LogP contribution in [0.1, 0.15) is 36.6 Å². The molecule has 0 saturated heterocycles. The lowest BCUT2D eigenvalue weighted by Crippen LogP contribution is -2.32. The molecule has 0 aliphatic carbocycles. The van der Waals surface area contributed by atoms with Crippen molar-refractivity contribution in [2.45, 2.75) is 31.7 Å². The van der Waals surface area contributed by atoms with Gasteiger partial charge in [-0.3, -0.25) is 22.9 Å². The van der Waals surface area contributed by atoms with Gasteiger partial charge in [0.15, 0.2) is 16.7 Å². The van der Waals surface area contributed by atoms with Crippen molar-refractivity contribution in [3.05, 3.63) is 64.3 Å². The van der Waals surface area contributed by atoms with Gasteiger partial charge in [-0.2, -0.15) is 10.2 Å². The van der Waals surface area contributed by atoms with E-state index in [1.807, 2.05) is 6.20 Å².